The Kier molecular flexibility index (Phi) is 9.36. The second-order valence-corrected chi connectivity index (χ2v) is 6.45. The van der Waals surface area contributed by atoms with E-state index in [1.165, 1.54) is 11.1 Å². The van der Waals surface area contributed by atoms with Gasteiger partial charge in [-0.3, -0.25) is 0 Å². The highest BCUT2D eigenvalue weighted by Gasteiger charge is 2.11. The molecule has 0 fully saturated rings. The maximum atomic E-state index is 5.68. The van der Waals surface area contributed by atoms with Gasteiger partial charge < -0.3 is 10.1 Å². The van der Waals surface area contributed by atoms with Gasteiger partial charge in [0.2, 0.25) is 0 Å². The monoisotopic (exact) mass is 291 g/mol. The van der Waals surface area contributed by atoms with Crippen molar-refractivity contribution in [2.24, 2.45) is 11.8 Å². The molecular formula is C19H33NO. The average Bonchev–Trinajstić information content (AvgIpc) is 2.45. The van der Waals surface area contributed by atoms with Gasteiger partial charge in [-0.2, -0.15) is 0 Å². The Balaban J connectivity index is 2.47. The molecule has 0 aliphatic carbocycles. The summed E-state index contributed by atoms with van der Waals surface area (Å²) in [5.41, 5.74) is 2.88. The molecule has 1 aromatic rings. The molecule has 0 saturated heterocycles. The van der Waals surface area contributed by atoms with E-state index in [0.717, 1.165) is 45.6 Å². The lowest BCUT2D eigenvalue weighted by Crippen LogP contribution is -2.28. The van der Waals surface area contributed by atoms with Gasteiger partial charge in [0.05, 0.1) is 0 Å². The number of benzene rings is 1. The van der Waals surface area contributed by atoms with Crippen molar-refractivity contribution in [1.82, 2.24) is 5.32 Å². The van der Waals surface area contributed by atoms with Gasteiger partial charge in [0, 0.05) is 13.2 Å². The van der Waals surface area contributed by atoms with Crippen molar-refractivity contribution in [3.05, 3.63) is 35.4 Å². The average molecular weight is 291 g/mol. The molecule has 0 spiro atoms. The van der Waals surface area contributed by atoms with Crippen molar-refractivity contribution in [2.75, 3.05) is 26.3 Å². The Hall–Kier alpha value is -0.860. The number of hydrogen-bond acceptors (Lipinski definition) is 2. The Labute approximate surface area is 131 Å². The van der Waals surface area contributed by atoms with Gasteiger partial charge in [0.25, 0.3) is 0 Å². The molecule has 120 valence electrons. The van der Waals surface area contributed by atoms with E-state index in [2.05, 4.69) is 57.3 Å². The summed E-state index contributed by atoms with van der Waals surface area (Å²) in [7, 11) is 0. The normalized spacial score (nSPS) is 12.8. The summed E-state index contributed by atoms with van der Waals surface area (Å²) in [6, 6.07) is 8.74. The summed E-state index contributed by atoms with van der Waals surface area (Å²) >= 11 is 0. The first kappa shape index (κ1) is 18.2. The maximum absolute atomic E-state index is 5.68. The molecule has 0 heterocycles. The van der Waals surface area contributed by atoms with Crippen LogP contribution in [-0.2, 0) is 11.2 Å². The minimum atomic E-state index is 0.654. The van der Waals surface area contributed by atoms with E-state index in [0.29, 0.717) is 11.8 Å². The van der Waals surface area contributed by atoms with Gasteiger partial charge in [0.15, 0.2) is 0 Å². The van der Waals surface area contributed by atoms with Gasteiger partial charge in [-0.15, -0.1) is 0 Å². The largest absolute Gasteiger partial charge is 0.381 e. The predicted molar refractivity (Wildman–Crippen MR) is 91.8 cm³/mol. The molecule has 0 aromatic heterocycles. The summed E-state index contributed by atoms with van der Waals surface area (Å²) in [5.74, 6) is 1.36. The van der Waals surface area contributed by atoms with Crippen molar-refractivity contribution in [1.29, 1.82) is 0 Å². The van der Waals surface area contributed by atoms with Gasteiger partial charge in [-0.05, 0) is 62.2 Å². The van der Waals surface area contributed by atoms with E-state index in [-0.39, 0.29) is 0 Å². The summed E-state index contributed by atoms with van der Waals surface area (Å²) in [6.45, 7) is 12.8. The van der Waals surface area contributed by atoms with Crippen molar-refractivity contribution in [2.45, 2.75) is 47.0 Å². The molecule has 0 saturated carbocycles. The smallest absolute Gasteiger partial charge is 0.0469 e. The van der Waals surface area contributed by atoms with Crippen LogP contribution in [0.15, 0.2) is 24.3 Å². The lowest BCUT2D eigenvalue weighted by Gasteiger charge is -2.19. The van der Waals surface area contributed by atoms with E-state index in [1.807, 2.05) is 0 Å². The van der Waals surface area contributed by atoms with Crippen LogP contribution in [0, 0.1) is 18.8 Å². The Morgan fingerprint density at radius 1 is 1.10 bits per heavy atom. The van der Waals surface area contributed by atoms with Crippen LogP contribution in [0.2, 0.25) is 0 Å². The van der Waals surface area contributed by atoms with Crippen LogP contribution >= 0.6 is 0 Å². The van der Waals surface area contributed by atoms with Crippen molar-refractivity contribution in [3.8, 4) is 0 Å². The SMILES string of the molecule is CCCOCCC(CNCC(C)C)Cc1ccccc1C. The molecule has 0 radical (unpaired) electrons. The zero-order valence-electron chi connectivity index (χ0n) is 14.3. The third-order valence-electron chi connectivity index (χ3n) is 3.77. The fraction of sp³-hybridized carbons (Fsp3) is 0.684. The molecule has 2 heteroatoms. The Morgan fingerprint density at radius 3 is 2.52 bits per heavy atom. The fourth-order valence-corrected chi connectivity index (χ4v) is 2.50. The van der Waals surface area contributed by atoms with E-state index >= 15 is 0 Å². The van der Waals surface area contributed by atoms with Crippen molar-refractivity contribution >= 4 is 0 Å². The summed E-state index contributed by atoms with van der Waals surface area (Å²) < 4.78 is 5.68. The molecule has 0 amide bonds. The highest BCUT2D eigenvalue weighted by atomic mass is 16.5. The molecule has 0 aliphatic heterocycles. The second kappa shape index (κ2) is 10.8. The van der Waals surface area contributed by atoms with Gasteiger partial charge in [0.1, 0.15) is 0 Å². The summed E-state index contributed by atoms with van der Waals surface area (Å²) in [5, 5.41) is 3.61. The lowest BCUT2D eigenvalue weighted by atomic mass is 9.93. The molecule has 0 bridgehead atoms. The van der Waals surface area contributed by atoms with Crippen LogP contribution in [0.5, 0.6) is 0 Å². The fourth-order valence-electron chi connectivity index (χ4n) is 2.50. The molecule has 2 nitrogen and oxygen atoms in total. The highest BCUT2D eigenvalue weighted by molar-refractivity contribution is 5.25. The topological polar surface area (TPSA) is 21.3 Å². The molecule has 1 aromatic carbocycles. The molecule has 0 aliphatic rings. The third-order valence-corrected chi connectivity index (χ3v) is 3.77. The van der Waals surface area contributed by atoms with Crippen molar-refractivity contribution in [3.63, 3.8) is 0 Å². The zero-order valence-corrected chi connectivity index (χ0v) is 14.3. The third kappa shape index (κ3) is 8.23. The Morgan fingerprint density at radius 2 is 1.86 bits per heavy atom. The molecule has 1 rings (SSSR count). The Bertz CT molecular complexity index is 376. The number of hydrogen-bond donors (Lipinski definition) is 1. The van der Waals surface area contributed by atoms with Gasteiger partial charge in [-0.1, -0.05) is 45.0 Å². The molecule has 21 heavy (non-hydrogen) atoms. The van der Waals surface area contributed by atoms with Crippen LogP contribution in [0.25, 0.3) is 0 Å². The second-order valence-electron chi connectivity index (χ2n) is 6.45. The highest BCUT2D eigenvalue weighted by Crippen LogP contribution is 2.16. The number of aryl methyl sites for hydroxylation is 1. The van der Waals surface area contributed by atoms with E-state index < -0.39 is 0 Å². The van der Waals surface area contributed by atoms with Crippen LogP contribution in [-0.4, -0.2) is 26.3 Å². The first-order valence-electron chi connectivity index (χ1n) is 8.46. The summed E-state index contributed by atoms with van der Waals surface area (Å²) in [6.07, 6.45) is 3.39. The summed E-state index contributed by atoms with van der Waals surface area (Å²) in [4.78, 5) is 0. The van der Waals surface area contributed by atoms with E-state index in [4.69, 9.17) is 4.74 Å². The van der Waals surface area contributed by atoms with Crippen molar-refractivity contribution < 1.29 is 4.74 Å². The van der Waals surface area contributed by atoms with E-state index in [1.54, 1.807) is 0 Å². The number of rotatable bonds is 11. The first-order chi connectivity index (χ1) is 10.1. The number of ether oxygens (including phenoxy) is 1. The molecule has 1 unspecified atom stereocenters. The van der Waals surface area contributed by atoms with Crippen LogP contribution in [0.1, 0.15) is 44.7 Å². The predicted octanol–water partition coefficient (Wildman–Crippen LogP) is 4.22. The van der Waals surface area contributed by atoms with Crippen LogP contribution in [0.4, 0.5) is 0 Å². The quantitative estimate of drug-likeness (QED) is 0.616. The minimum absolute atomic E-state index is 0.654. The number of nitrogens with one attached hydrogen (secondary N) is 1. The van der Waals surface area contributed by atoms with E-state index in [9.17, 15) is 0 Å². The standard InChI is InChI=1S/C19H33NO/c1-5-11-21-12-10-18(15-20-14-16(2)3)13-19-9-7-6-8-17(19)4/h6-9,16,18,20H,5,10-15H2,1-4H3. The lowest BCUT2D eigenvalue weighted by molar-refractivity contribution is 0.120. The molecular weight excluding hydrogens is 258 g/mol. The molecule has 1 atom stereocenters. The van der Waals surface area contributed by atoms with Crippen LogP contribution in [0.3, 0.4) is 0 Å². The maximum Gasteiger partial charge on any atom is 0.0469 e. The molecule has 1 N–H and O–H groups in total. The zero-order chi connectivity index (χ0) is 15.5. The van der Waals surface area contributed by atoms with Crippen LogP contribution < -0.4 is 5.32 Å². The first-order valence-corrected chi connectivity index (χ1v) is 8.46. The van der Waals surface area contributed by atoms with Gasteiger partial charge in [-0.25, -0.2) is 0 Å². The van der Waals surface area contributed by atoms with Gasteiger partial charge >= 0.3 is 0 Å². The minimum Gasteiger partial charge on any atom is -0.381 e.